The van der Waals surface area contributed by atoms with E-state index in [4.69, 9.17) is 4.74 Å². The maximum atomic E-state index is 13.3. The van der Waals surface area contributed by atoms with Crippen molar-refractivity contribution in [2.45, 2.75) is 25.6 Å². The second-order valence-electron chi connectivity index (χ2n) is 8.33. The van der Waals surface area contributed by atoms with Gasteiger partial charge in [-0.25, -0.2) is 0 Å². The van der Waals surface area contributed by atoms with Crippen LogP contribution in [0.1, 0.15) is 18.4 Å². The van der Waals surface area contributed by atoms with Gasteiger partial charge in [0.25, 0.3) is 0 Å². The van der Waals surface area contributed by atoms with Crippen LogP contribution in [0.2, 0.25) is 0 Å². The summed E-state index contributed by atoms with van der Waals surface area (Å²) in [4.78, 5) is 28.2. The van der Waals surface area contributed by atoms with Gasteiger partial charge in [0, 0.05) is 38.1 Å². The predicted octanol–water partition coefficient (Wildman–Crippen LogP) is 2.46. The van der Waals surface area contributed by atoms with Gasteiger partial charge in [-0.15, -0.1) is 0 Å². The first-order chi connectivity index (χ1) is 13.2. The lowest BCUT2D eigenvalue weighted by atomic mass is 9.71. The fraction of sp³-hybridized carbons (Fsp3) is 0.600. The Balaban J connectivity index is 1.47. The molecule has 1 aromatic rings. The molecule has 0 N–H and O–H groups in total. The van der Waals surface area contributed by atoms with Crippen LogP contribution in [-0.4, -0.2) is 61.1 Å². The van der Waals surface area contributed by atoms with Crippen molar-refractivity contribution in [1.29, 1.82) is 0 Å². The third-order valence-corrected chi connectivity index (χ3v) is 6.45. The third kappa shape index (κ3) is 2.98. The Morgan fingerprint density at radius 3 is 2.32 bits per heavy atom. The SMILES string of the molecule is COC(=O)[C@@H]1CN(Cc2ccccc2)CC12CN(C(=O)C1(C(F)(F)F)CC1)C2. The Bertz CT molecular complexity index is 771. The number of likely N-dealkylation sites (tertiary alicyclic amines) is 2. The van der Waals surface area contributed by atoms with E-state index in [1.165, 1.54) is 12.0 Å². The molecule has 0 unspecified atom stereocenters. The van der Waals surface area contributed by atoms with Crippen LogP contribution in [-0.2, 0) is 20.9 Å². The number of carbonyl (C=O) groups is 2. The second-order valence-corrected chi connectivity index (χ2v) is 8.33. The van der Waals surface area contributed by atoms with E-state index in [-0.39, 0.29) is 31.9 Å². The molecule has 0 radical (unpaired) electrons. The zero-order chi connectivity index (χ0) is 20.2. The van der Waals surface area contributed by atoms with Crippen molar-refractivity contribution >= 4 is 11.9 Å². The molecule has 1 spiro atoms. The molecule has 1 aromatic carbocycles. The molecule has 0 bridgehead atoms. The minimum atomic E-state index is -4.51. The van der Waals surface area contributed by atoms with Crippen molar-refractivity contribution in [3.05, 3.63) is 35.9 Å². The minimum Gasteiger partial charge on any atom is -0.469 e. The average Bonchev–Trinajstić information content (AvgIpc) is 3.37. The second kappa shape index (κ2) is 6.47. The number of rotatable bonds is 4. The summed E-state index contributed by atoms with van der Waals surface area (Å²) < 4.78 is 44.8. The summed E-state index contributed by atoms with van der Waals surface area (Å²) in [5.41, 5.74) is -1.62. The number of ether oxygens (including phenoxy) is 1. The lowest BCUT2D eigenvalue weighted by molar-refractivity contribution is -0.206. The summed E-state index contributed by atoms with van der Waals surface area (Å²) in [6.07, 6.45) is -4.79. The van der Waals surface area contributed by atoms with E-state index in [0.29, 0.717) is 19.6 Å². The number of carbonyl (C=O) groups excluding carboxylic acids is 2. The normalized spacial score (nSPS) is 25.4. The standard InChI is InChI=1S/C20H23F3N2O3/c1-28-16(26)15-10-24(9-14-5-3-2-4-6-14)11-18(15)12-25(13-18)17(27)19(7-8-19)20(21,22)23/h2-6,15H,7-13H2,1H3/t15-/m0/s1. The number of esters is 1. The molecule has 8 heteroatoms. The van der Waals surface area contributed by atoms with E-state index in [9.17, 15) is 22.8 Å². The summed E-state index contributed by atoms with van der Waals surface area (Å²) in [6.45, 7) is 2.04. The molecule has 152 valence electrons. The molecule has 2 heterocycles. The van der Waals surface area contributed by atoms with Crippen LogP contribution in [0.15, 0.2) is 30.3 Å². The summed E-state index contributed by atoms with van der Waals surface area (Å²) in [5, 5.41) is 0. The number of hydrogen-bond acceptors (Lipinski definition) is 4. The number of halogens is 3. The molecular weight excluding hydrogens is 373 g/mol. The van der Waals surface area contributed by atoms with Crippen molar-refractivity contribution in [3.8, 4) is 0 Å². The van der Waals surface area contributed by atoms with E-state index in [1.54, 1.807) is 0 Å². The molecule has 1 saturated carbocycles. The number of amides is 1. The number of benzene rings is 1. The van der Waals surface area contributed by atoms with Crippen molar-refractivity contribution in [2.75, 3.05) is 33.3 Å². The van der Waals surface area contributed by atoms with Crippen LogP contribution in [0.25, 0.3) is 0 Å². The molecule has 4 rings (SSSR count). The van der Waals surface area contributed by atoms with E-state index in [2.05, 4.69) is 4.90 Å². The smallest absolute Gasteiger partial charge is 0.403 e. The zero-order valence-corrected chi connectivity index (χ0v) is 15.7. The van der Waals surface area contributed by atoms with Crippen LogP contribution in [0.3, 0.4) is 0 Å². The van der Waals surface area contributed by atoms with Crippen LogP contribution in [0.5, 0.6) is 0 Å². The van der Waals surface area contributed by atoms with Gasteiger partial charge < -0.3 is 9.64 Å². The van der Waals surface area contributed by atoms with Gasteiger partial charge in [-0.2, -0.15) is 13.2 Å². The molecule has 1 aliphatic carbocycles. The predicted molar refractivity (Wildman–Crippen MR) is 94.0 cm³/mol. The minimum absolute atomic E-state index is 0.139. The van der Waals surface area contributed by atoms with Gasteiger partial charge >= 0.3 is 12.1 Å². The highest BCUT2D eigenvalue weighted by molar-refractivity contribution is 5.87. The molecule has 0 aromatic heterocycles. The highest BCUT2D eigenvalue weighted by atomic mass is 19.4. The van der Waals surface area contributed by atoms with Crippen LogP contribution in [0, 0.1) is 16.7 Å². The number of methoxy groups -OCH3 is 1. The molecule has 28 heavy (non-hydrogen) atoms. The Labute approximate surface area is 161 Å². The summed E-state index contributed by atoms with van der Waals surface area (Å²) in [7, 11) is 1.32. The van der Waals surface area contributed by atoms with Gasteiger partial charge in [0.15, 0.2) is 0 Å². The Hall–Kier alpha value is -2.09. The third-order valence-electron chi connectivity index (χ3n) is 6.45. The maximum absolute atomic E-state index is 13.3. The molecule has 3 aliphatic rings. The number of alkyl halides is 3. The fourth-order valence-electron chi connectivity index (χ4n) is 4.72. The fourth-order valence-corrected chi connectivity index (χ4v) is 4.72. The number of nitrogens with zero attached hydrogens (tertiary/aromatic N) is 2. The molecule has 5 nitrogen and oxygen atoms in total. The van der Waals surface area contributed by atoms with Crippen LogP contribution >= 0.6 is 0 Å². The molecule has 2 aliphatic heterocycles. The van der Waals surface area contributed by atoms with Gasteiger partial charge in [0.2, 0.25) is 5.91 Å². The Morgan fingerprint density at radius 2 is 1.79 bits per heavy atom. The van der Waals surface area contributed by atoms with Gasteiger partial charge in [-0.3, -0.25) is 14.5 Å². The van der Waals surface area contributed by atoms with Crippen molar-refractivity contribution < 1.29 is 27.5 Å². The monoisotopic (exact) mass is 396 g/mol. The molecule has 3 fully saturated rings. The highest BCUT2D eigenvalue weighted by Gasteiger charge is 2.71. The van der Waals surface area contributed by atoms with E-state index >= 15 is 0 Å². The van der Waals surface area contributed by atoms with Gasteiger partial charge in [0.05, 0.1) is 13.0 Å². The Kier molecular flexibility index (Phi) is 4.45. The maximum Gasteiger partial charge on any atom is 0.403 e. The van der Waals surface area contributed by atoms with Crippen molar-refractivity contribution in [1.82, 2.24) is 9.80 Å². The molecule has 1 atom stereocenters. The largest absolute Gasteiger partial charge is 0.469 e. The lowest BCUT2D eigenvalue weighted by Gasteiger charge is -2.51. The van der Waals surface area contributed by atoms with E-state index in [1.807, 2.05) is 30.3 Å². The van der Waals surface area contributed by atoms with Crippen molar-refractivity contribution in [2.24, 2.45) is 16.7 Å². The van der Waals surface area contributed by atoms with E-state index < -0.39 is 28.8 Å². The molecule has 2 saturated heterocycles. The van der Waals surface area contributed by atoms with Crippen LogP contribution in [0.4, 0.5) is 13.2 Å². The average molecular weight is 396 g/mol. The number of hydrogen-bond donors (Lipinski definition) is 0. The van der Waals surface area contributed by atoms with Gasteiger partial charge in [-0.1, -0.05) is 30.3 Å². The van der Waals surface area contributed by atoms with Gasteiger partial charge in [-0.05, 0) is 18.4 Å². The van der Waals surface area contributed by atoms with Crippen LogP contribution < -0.4 is 0 Å². The summed E-state index contributed by atoms with van der Waals surface area (Å²) >= 11 is 0. The summed E-state index contributed by atoms with van der Waals surface area (Å²) in [5.74, 6) is -1.64. The lowest BCUT2D eigenvalue weighted by Crippen LogP contribution is -2.65. The first-order valence-corrected chi connectivity index (χ1v) is 9.41. The first kappa shape index (κ1) is 19.2. The van der Waals surface area contributed by atoms with Gasteiger partial charge in [0.1, 0.15) is 5.41 Å². The van der Waals surface area contributed by atoms with E-state index in [0.717, 1.165) is 5.56 Å². The van der Waals surface area contributed by atoms with Crippen molar-refractivity contribution in [3.63, 3.8) is 0 Å². The highest BCUT2D eigenvalue weighted by Crippen LogP contribution is 2.60. The first-order valence-electron chi connectivity index (χ1n) is 9.41. The molecular formula is C20H23F3N2O3. The zero-order valence-electron chi connectivity index (χ0n) is 15.7. The Morgan fingerprint density at radius 1 is 1.14 bits per heavy atom. The summed E-state index contributed by atoms with van der Waals surface area (Å²) in [6, 6.07) is 9.80. The molecule has 1 amide bonds. The quantitative estimate of drug-likeness (QED) is 0.734. The topological polar surface area (TPSA) is 49.9 Å².